The summed E-state index contributed by atoms with van der Waals surface area (Å²) in [5, 5.41) is 3.67. The van der Waals surface area contributed by atoms with E-state index in [-0.39, 0.29) is 12.3 Å². The zero-order valence-electron chi connectivity index (χ0n) is 10.8. The van der Waals surface area contributed by atoms with E-state index in [0.29, 0.717) is 4.68 Å². The molecule has 4 nitrogen and oxygen atoms in total. The number of aromatic nitrogens is 2. The molecule has 0 aliphatic heterocycles. The Hall–Kier alpha value is -1.83. The first-order valence-electron chi connectivity index (χ1n) is 5.93. The van der Waals surface area contributed by atoms with Crippen LogP contribution in [-0.4, -0.2) is 22.4 Å². The quantitative estimate of drug-likeness (QED) is 0.779. The van der Waals surface area contributed by atoms with Crippen molar-refractivity contribution in [2.45, 2.75) is 13.1 Å². The molecule has 2 rings (SSSR count). The number of ether oxygens (including phenoxy) is 1. The standard InChI is InChI=1S/C13H10BrF3N2O2/c1-2-21-12(20)10-7-18-19(11(10)13(15,16)17)9-5-3-8(14)4-6-9/h3-7H,2H2,1H3. The predicted molar refractivity (Wildman–Crippen MR) is 72.2 cm³/mol. The molecule has 0 saturated carbocycles. The molecule has 0 N–H and O–H groups in total. The van der Waals surface area contributed by atoms with Crippen molar-refractivity contribution < 1.29 is 22.7 Å². The van der Waals surface area contributed by atoms with E-state index in [2.05, 4.69) is 25.8 Å². The number of esters is 1. The predicted octanol–water partition coefficient (Wildman–Crippen LogP) is 3.83. The Kier molecular flexibility index (Phi) is 4.36. The van der Waals surface area contributed by atoms with E-state index in [1.54, 1.807) is 12.1 Å². The average Bonchev–Trinajstić information content (AvgIpc) is 2.84. The van der Waals surface area contributed by atoms with Crippen molar-refractivity contribution in [3.63, 3.8) is 0 Å². The number of alkyl halides is 3. The molecule has 1 heterocycles. The first kappa shape index (κ1) is 15.6. The Morgan fingerprint density at radius 1 is 1.33 bits per heavy atom. The Morgan fingerprint density at radius 3 is 2.48 bits per heavy atom. The second kappa shape index (κ2) is 5.88. The van der Waals surface area contributed by atoms with Crippen molar-refractivity contribution >= 4 is 21.9 Å². The summed E-state index contributed by atoms with van der Waals surface area (Å²) < 4.78 is 45.7. The lowest BCUT2D eigenvalue weighted by atomic mass is 10.2. The fourth-order valence-corrected chi connectivity index (χ4v) is 2.02. The first-order chi connectivity index (χ1) is 9.84. The molecule has 0 fully saturated rings. The lowest BCUT2D eigenvalue weighted by molar-refractivity contribution is -0.143. The fraction of sp³-hybridized carbons (Fsp3) is 0.231. The molecular weight excluding hydrogens is 353 g/mol. The van der Waals surface area contributed by atoms with Gasteiger partial charge < -0.3 is 4.74 Å². The summed E-state index contributed by atoms with van der Waals surface area (Å²) in [6.45, 7) is 1.50. The van der Waals surface area contributed by atoms with Gasteiger partial charge in [0, 0.05) is 4.47 Å². The minimum atomic E-state index is -4.73. The Bertz CT molecular complexity index is 650. The number of halogens is 4. The molecule has 8 heteroatoms. The highest BCUT2D eigenvalue weighted by molar-refractivity contribution is 9.10. The molecule has 0 atom stereocenters. The largest absolute Gasteiger partial charge is 0.462 e. The van der Waals surface area contributed by atoms with Gasteiger partial charge in [-0.25, -0.2) is 9.48 Å². The summed E-state index contributed by atoms with van der Waals surface area (Å²) >= 11 is 3.20. The number of rotatable bonds is 3. The molecule has 1 aromatic carbocycles. The molecule has 21 heavy (non-hydrogen) atoms. The third-order valence-corrected chi connectivity index (χ3v) is 3.13. The van der Waals surface area contributed by atoms with Gasteiger partial charge in [-0.2, -0.15) is 18.3 Å². The van der Waals surface area contributed by atoms with Crippen LogP contribution < -0.4 is 0 Å². The van der Waals surface area contributed by atoms with Gasteiger partial charge in [-0.1, -0.05) is 15.9 Å². The lowest BCUT2D eigenvalue weighted by Crippen LogP contribution is -2.18. The van der Waals surface area contributed by atoms with Crippen LogP contribution >= 0.6 is 15.9 Å². The van der Waals surface area contributed by atoms with E-state index in [1.165, 1.54) is 19.1 Å². The molecule has 2 aromatic rings. The zero-order chi connectivity index (χ0) is 15.6. The average molecular weight is 363 g/mol. The second-order valence-electron chi connectivity index (χ2n) is 4.01. The molecular formula is C13H10BrF3N2O2. The summed E-state index contributed by atoms with van der Waals surface area (Å²) in [7, 11) is 0. The van der Waals surface area contributed by atoms with E-state index in [4.69, 9.17) is 0 Å². The lowest BCUT2D eigenvalue weighted by Gasteiger charge is -2.12. The third-order valence-electron chi connectivity index (χ3n) is 2.60. The molecule has 0 aliphatic rings. The topological polar surface area (TPSA) is 44.1 Å². The Labute approximate surface area is 126 Å². The van der Waals surface area contributed by atoms with Crippen LogP contribution in [0.3, 0.4) is 0 Å². The summed E-state index contributed by atoms with van der Waals surface area (Å²) in [6.07, 6.45) is -3.87. The first-order valence-corrected chi connectivity index (χ1v) is 6.72. The maximum absolute atomic E-state index is 13.2. The van der Waals surface area contributed by atoms with Gasteiger partial charge in [0.15, 0.2) is 5.69 Å². The van der Waals surface area contributed by atoms with Crippen molar-refractivity contribution in [1.82, 2.24) is 9.78 Å². The number of nitrogens with zero attached hydrogens (tertiary/aromatic N) is 2. The van der Waals surface area contributed by atoms with Crippen molar-refractivity contribution in [3.05, 3.63) is 46.2 Å². The van der Waals surface area contributed by atoms with Crippen molar-refractivity contribution in [2.75, 3.05) is 6.61 Å². The van der Waals surface area contributed by atoms with Gasteiger partial charge in [0.25, 0.3) is 0 Å². The SMILES string of the molecule is CCOC(=O)c1cnn(-c2ccc(Br)cc2)c1C(F)(F)F. The number of hydrogen-bond acceptors (Lipinski definition) is 3. The molecule has 0 aliphatic carbocycles. The second-order valence-corrected chi connectivity index (χ2v) is 4.93. The van der Waals surface area contributed by atoms with E-state index >= 15 is 0 Å². The Morgan fingerprint density at radius 2 is 1.95 bits per heavy atom. The minimum absolute atomic E-state index is 0.0143. The molecule has 112 valence electrons. The van der Waals surface area contributed by atoms with Gasteiger partial charge in [-0.05, 0) is 31.2 Å². The fourth-order valence-electron chi connectivity index (χ4n) is 1.76. The number of carbonyl (C=O) groups is 1. The van der Waals surface area contributed by atoms with Crippen LogP contribution in [0.15, 0.2) is 34.9 Å². The molecule has 0 bridgehead atoms. The highest BCUT2D eigenvalue weighted by Crippen LogP contribution is 2.34. The van der Waals surface area contributed by atoms with Gasteiger partial charge >= 0.3 is 12.1 Å². The van der Waals surface area contributed by atoms with Gasteiger partial charge in [0.05, 0.1) is 18.5 Å². The van der Waals surface area contributed by atoms with Gasteiger partial charge in [0.1, 0.15) is 5.56 Å². The highest BCUT2D eigenvalue weighted by atomic mass is 79.9. The summed E-state index contributed by atoms with van der Waals surface area (Å²) in [6, 6.07) is 6.09. The van der Waals surface area contributed by atoms with Crippen molar-refractivity contribution in [3.8, 4) is 5.69 Å². The molecule has 0 saturated heterocycles. The smallest absolute Gasteiger partial charge is 0.434 e. The van der Waals surface area contributed by atoms with Crippen LogP contribution in [0, 0.1) is 0 Å². The molecule has 0 amide bonds. The van der Waals surface area contributed by atoms with Crippen molar-refractivity contribution in [1.29, 1.82) is 0 Å². The van der Waals surface area contributed by atoms with E-state index in [9.17, 15) is 18.0 Å². The number of carbonyl (C=O) groups excluding carboxylic acids is 1. The number of hydrogen-bond donors (Lipinski definition) is 0. The number of benzene rings is 1. The van der Waals surface area contributed by atoms with Crippen LogP contribution in [0.25, 0.3) is 5.69 Å². The van der Waals surface area contributed by atoms with E-state index < -0.39 is 23.4 Å². The van der Waals surface area contributed by atoms with E-state index in [1.807, 2.05) is 0 Å². The van der Waals surface area contributed by atoms with Gasteiger partial charge in [0.2, 0.25) is 0 Å². The van der Waals surface area contributed by atoms with Crippen LogP contribution in [0.5, 0.6) is 0 Å². The monoisotopic (exact) mass is 362 g/mol. The van der Waals surface area contributed by atoms with Gasteiger partial charge in [-0.3, -0.25) is 0 Å². The molecule has 0 spiro atoms. The normalized spacial score (nSPS) is 11.5. The van der Waals surface area contributed by atoms with Gasteiger partial charge in [-0.15, -0.1) is 0 Å². The minimum Gasteiger partial charge on any atom is -0.462 e. The summed E-state index contributed by atoms with van der Waals surface area (Å²) in [4.78, 5) is 11.6. The van der Waals surface area contributed by atoms with Crippen molar-refractivity contribution in [2.24, 2.45) is 0 Å². The third kappa shape index (κ3) is 3.26. The molecule has 0 unspecified atom stereocenters. The van der Waals surface area contributed by atoms with Crippen LogP contribution in [0.1, 0.15) is 23.0 Å². The summed E-state index contributed by atoms with van der Waals surface area (Å²) in [5.74, 6) is -1.05. The van der Waals surface area contributed by atoms with Crippen LogP contribution in [0.2, 0.25) is 0 Å². The molecule has 1 aromatic heterocycles. The maximum Gasteiger partial charge on any atom is 0.434 e. The van der Waals surface area contributed by atoms with Crippen LogP contribution in [-0.2, 0) is 10.9 Å². The summed E-state index contributed by atoms with van der Waals surface area (Å²) in [5.41, 5.74) is -1.56. The highest BCUT2D eigenvalue weighted by Gasteiger charge is 2.41. The van der Waals surface area contributed by atoms with Crippen LogP contribution in [0.4, 0.5) is 13.2 Å². The molecule has 0 radical (unpaired) electrons. The zero-order valence-corrected chi connectivity index (χ0v) is 12.4. The maximum atomic E-state index is 13.2. The van der Waals surface area contributed by atoms with E-state index in [0.717, 1.165) is 10.7 Å². The Balaban J connectivity index is 2.57.